The molecular weight excluding hydrogens is 364 g/mol. The minimum absolute atomic E-state index is 0.0450. The number of ether oxygens (including phenoxy) is 3. The number of nitrogens with one attached hydrogen (secondary N) is 2. The second-order valence-electron chi connectivity index (χ2n) is 6.27. The third kappa shape index (κ3) is 6.94. The van der Waals surface area contributed by atoms with E-state index in [9.17, 15) is 14.4 Å². The van der Waals surface area contributed by atoms with Crippen LogP contribution in [0.25, 0.3) is 0 Å². The van der Waals surface area contributed by atoms with Crippen molar-refractivity contribution in [2.45, 2.75) is 25.8 Å². The Labute approximate surface area is 164 Å². The highest BCUT2D eigenvalue weighted by Crippen LogP contribution is 2.19. The quantitative estimate of drug-likeness (QED) is 0.460. The molecule has 0 aliphatic carbocycles. The molecule has 8 heteroatoms. The van der Waals surface area contributed by atoms with Gasteiger partial charge in [-0.1, -0.05) is 12.1 Å². The summed E-state index contributed by atoms with van der Waals surface area (Å²) in [6.45, 7) is 2.39. The lowest BCUT2D eigenvalue weighted by molar-refractivity contribution is -0.137. The normalized spacial score (nSPS) is 17.1. The fourth-order valence-electron chi connectivity index (χ4n) is 2.84. The Morgan fingerprint density at radius 1 is 1.36 bits per heavy atom. The second kappa shape index (κ2) is 11.0. The Hall–Kier alpha value is -3.03. The van der Waals surface area contributed by atoms with Gasteiger partial charge in [0.15, 0.2) is 6.61 Å². The van der Waals surface area contributed by atoms with Gasteiger partial charge in [0.25, 0.3) is 5.91 Å². The maximum atomic E-state index is 12.3. The van der Waals surface area contributed by atoms with E-state index < -0.39 is 12.0 Å². The van der Waals surface area contributed by atoms with Crippen LogP contribution >= 0.6 is 0 Å². The molecule has 2 atom stereocenters. The molecule has 8 nitrogen and oxygen atoms in total. The zero-order chi connectivity index (χ0) is 20.4. The summed E-state index contributed by atoms with van der Waals surface area (Å²) in [5.74, 6) is 0.0153. The van der Waals surface area contributed by atoms with Gasteiger partial charge in [-0.2, -0.15) is 0 Å². The Kier molecular flexibility index (Phi) is 8.33. The van der Waals surface area contributed by atoms with Crippen LogP contribution in [0.2, 0.25) is 0 Å². The van der Waals surface area contributed by atoms with Crippen LogP contribution in [0.15, 0.2) is 36.4 Å². The molecule has 0 aromatic heterocycles. The molecule has 0 unspecified atom stereocenters. The Bertz CT molecular complexity index is 718. The molecule has 0 saturated carbocycles. The zero-order valence-electron chi connectivity index (χ0n) is 16.1. The molecule has 0 bridgehead atoms. The van der Waals surface area contributed by atoms with Crippen LogP contribution in [0.5, 0.6) is 11.5 Å². The molecule has 1 aliphatic heterocycles. The van der Waals surface area contributed by atoms with Crippen molar-refractivity contribution in [1.29, 1.82) is 0 Å². The van der Waals surface area contributed by atoms with E-state index in [1.54, 1.807) is 44.4 Å². The number of hydrogen-bond acceptors (Lipinski definition) is 6. The summed E-state index contributed by atoms with van der Waals surface area (Å²) in [5.41, 5.74) is 0. The van der Waals surface area contributed by atoms with E-state index in [0.717, 1.165) is 0 Å². The van der Waals surface area contributed by atoms with Crippen LogP contribution < -0.4 is 20.1 Å². The number of amides is 2. The smallest absolute Gasteiger partial charge is 0.330 e. The van der Waals surface area contributed by atoms with E-state index in [1.807, 2.05) is 0 Å². The average molecular weight is 390 g/mol. The molecule has 1 saturated heterocycles. The maximum Gasteiger partial charge on any atom is 0.330 e. The van der Waals surface area contributed by atoms with E-state index in [1.165, 1.54) is 6.08 Å². The van der Waals surface area contributed by atoms with Crippen molar-refractivity contribution in [3.63, 3.8) is 0 Å². The van der Waals surface area contributed by atoms with Crippen LogP contribution in [0, 0.1) is 5.92 Å². The van der Waals surface area contributed by atoms with E-state index in [0.29, 0.717) is 30.9 Å². The maximum absolute atomic E-state index is 12.3. The molecule has 1 fully saturated rings. The summed E-state index contributed by atoms with van der Waals surface area (Å²) in [7, 11) is 1.55. The summed E-state index contributed by atoms with van der Waals surface area (Å²) in [6.07, 6.45) is 3.91. The van der Waals surface area contributed by atoms with E-state index >= 15 is 0 Å². The lowest BCUT2D eigenvalue weighted by Gasteiger charge is -2.18. The first-order valence-electron chi connectivity index (χ1n) is 9.20. The average Bonchev–Trinajstić information content (AvgIpc) is 3.09. The monoisotopic (exact) mass is 390 g/mol. The minimum atomic E-state index is -0.495. The molecule has 1 aromatic rings. The fourth-order valence-corrected chi connectivity index (χ4v) is 2.84. The van der Waals surface area contributed by atoms with Gasteiger partial charge in [-0.3, -0.25) is 9.59 Å². The van der Waals surface area contributed by atoms with Crippen LogP contribution in [0.1, 0.15) is 19.8 Å². The van der Waals surface area contributed by atoms with Gasteiger partial charge >= 0.3 is 5.97 Å². The first-order chi connectivity index (χ1) is 13.5. The highest BCUT2D eigenvalue weighted by molar-refractivity contribution is 5.83. The van der Waals surface area contributed by atoms with Crippen molar-refractivity contribution in [2.75, 3.05) is 26.9 Å². The minimum Gasteiger partial charge on any atom is -0.497 e. The lowest BCUT2D eigenvalue weighted by atomic mass is 9.98. The van der Waals surface area contributed by atoms with Crippen LogP contribution in [-0.4, -0.2) is 50.7 Å². The molecular formula is C20H26N2O6. The number of methoxy groups -OCH3 is 1. The summed E-state index contributed by atoms with van der Waals surface area (Å²) < 4.78 is 15.5. The van der Waals surface area contributed by atoms with Gasteiger partial charge in [-0.05, 0) is 31.9 Å². The second-order valence-corrected chi connectivity index (χ2v) is 6.27. The van der Waals surface area contributed by atoms with Crippen molar-refractivity contribution in [3.8, 4) is 11.5 Å². The van der Waals surface area contributed by atoms with Crippen LogP contribution in [0.4, 0.5) is 0 Å². The van der Waals surface area contributed by atoms with E-state index in [2.05, 4.69) is 10.6 Å². The number of carbonyl (C=O) groups excluding carboxylic acids is 3. The van der Waals surface area contributed by atoms with Crippen molar-refractivity contribution in [1.82, 2.24) is 10.6 Å². The predicted octanol–water partition coefficient (Wildman–Crippen LogP) is 1.20. The molecule has 1 heterocycles. The largest absolute Gasteiger partial charge is 0.497 e. The Morgan fingerprint density at radius 3 is 2.82 bits per heavy atom. The van der Waals surface area contributed by atoms with Crippen LogP contribution in [-0.2, 0) is 19.1 Å². The van der Waals surface area contributed by atoms with E-state index in [-0.39, 0.29) is 30.9 Å². The summed E-state index contributed by atoms with van der Waals surface area (Å²) in [6, 6.07) is 6.44. The Morgan fingerprint density at radius 2 is 2.14 bits per heavy atom. The van der Waals surface area contributed by atoms with E-state index in [4.69, 9.17) is 14.2 Å². The van der Waals surface area contributed by atoms with Crippen molar-refractivity contribution < 1.29 is 28.6 Å². The summed E-state index contributed by atoms with van der Waals surface area (Å²) in [5, 5.41) is 5.56. The topological polar surface area (TPSA) is 103 Å². The van der Waals surface area contributed by atoms with Crippen LogP contribution in [0.3, 0.4) is 0 Å². The molecule has 0 spiro atoms. The molecule has 2 rings (SSSR count). The van der Waals surface area contributed by atoms with Gasteiger partial charge < -0.3 is 24.8 Å². The number of esters is 1. The van der Waals surface area contributed by atoms with Crippen molar-refractivity contribution in [2.24, 2.45) is 5.92 Å². The molecule has 2 N–H and O–H groups in total. The van der Waals surface area contributed by atoms with Gasteiger partial charge in [0.05, 0.1) is 13.7 Å². The summed E-state index contributed by atoms with van der Waals surface area (Å²) in [4.78, 5) is 35.7. The van der Waals surface area contributed by atoms with Gasteiger partial charge in [0, 0.05) is 30.6 Å². The highest BCUT2D eigenvalue weighted by atomic mass is 16.5. The van der Waals surface area contributed by atoms with Gasteiger partial charge in [-0.15, -0.1) is 0 Å². The molecule has 28 heavy (non-hydrogen) atoms. The zero-order valence-corrected chi connectivity index (χ0v) is 16.1. The van der Waals surface area contributed by atoms with Crippen molar-refractivity contribution in [3.05, 3.63) is 36.4 Å². The Balaban J connectivity index is 1.93. The van der Waals surface area contributed by atoms with Crippen molar-refractivity contribution >= 4 is 17.8 Å². The third-order valence-electron chi connectivity index (χ3n) is 4.21. The standard InChI is InChI=1S/C20H26N2O6/c1-3-27-19(24)8-7-15(11-14-9-10-21-20(14)25)22-18(23)13-28-17-6-4-5-16(12-17)26-2/h4-8,12,14-15H,3,9-11,13H2,1-2H3,(H,21,25)(H,22,23)/t14-,15+/m0/s1. The lowest BCUT2D eigenvalue weighted by Crippen LogP contribution is -2.39. The van der Waals surface area contributed by atoms with Gasteiger partial charge in [-0.25, -0.2) is 4.79 Å². The third-order valence-corrected chi connectivity index (χ3v) is 4.21. The molecule has 2 amide bonds. The number of hydrogen-bond donors (Lipinski definition) is 2. The van der Waals surface area contributed by atoms with Gasteiger partial charge in [0.2, 0.25) is 5.91 Å². The number of benzene rings is 1. The molecule has 1 aliphatic rings. The fraction of sp³-hybridized carbons (Fsp3) is 0.450. The first kappa shape index (κ1) is 21.3. The van der Waals surface area contributed by atoms with Gasteiger partial charge in [0.1, 0.15) is 11.5 Å². The molecule has 0 radical (unpaired) electrons. The first-order valence-corrected chi connectivity index (χ1v) is 9.20. The molecule has 152 valence electrons. The summed E-state index contributed by atoms with van der Waals surface area (Å²) >= 11 is 0. The molecule has 1 aromatic carbocycles. The predicted molar refractivity (Wildman–Crippen MR) is 102 cm³/mol. The highest BCUT2D eigenvalue weighted by Gasteiger charge is 2.27. The SMILES string of the molecule is CCOC(=O)C=C[C@H](C[C@@H]1CCNC1=O)NC(=O)COc1cccc(OC)c1. The number of carbonyl (C=O) groups is 3. The number of rotatable bonds is 10.